The normalized spacial score (nSPS) is 23.0. The van der Waals surface area contributed by atoms with Gasteiger partial charge >= 0.3 is 0 Å². The van der Waals surface area contributed by atoms with Gasteiger partial charge in [-0.3, -0.25) is 14.5 Å². The van der Waals surface area contributed by atoms with Gasteiger partial charge in [-0.05, 0) is 32.2 Å². The average Bonchev–Trinajstić information content (AvgIpc) is 3.31. The Hall–Kier alpha value is -1.79. The van der Waals surface area contributed by atoms with Crippen LogP contribution in [0.5, 0.6) is 0 Å². The van der Waals surface area contributed by atoms with Crippen LogP contribution in [-0.4, -0.2) is 50.2 Å². The molecule has 2 saturated heterocycles. The van der Waals surface area contributed by atoms with E-state index < -0.39 is 0 Å². The minimum atomic E-state index is 0.383. The Morgan fingerprint density at radius 2 is 2.08 bits per heavy atom. The maximum Gasteiger partial charge on any atom is 0.156 e. The minimum absolute atomic E-state index is 0.383. The van der Waals surface area contributed by atoms with Crippen molar-refractivity contribution in [1.29, 1.82) is 0 Å². The Balaban J connectivity index is 1.60. The molecule has 0 N–H and O–H groups in total. The zero-order valence-electron chi connectivity index (χ0n) is 14.3. The number of imidazole rings is 1. The molecule has 2 aromatic heterocycles. The molecule has 1 unspecified atom stereocenters. The maximum absolute atomic E-state index is 5.53. The van der Waals surface area contributed by atoms with Crippen LogP contribution in [0.2, 0.25) is 0 Å². The Morgan fingerprint density at radius 3 is 2.92 bits per heavy atom. The summed E-state index contributed by atoms with van der Waals surface area (Å²) in [4.78, 5) is 16.4. The van der Waals surface area contributed by atoms with E-state index >= 15 is 0 Å². The van der Waals surface area contributed by atoms with Gasteiger partial charge < -0.3 is 4.74 Å². The average molecular weight is 327 g/mol. The molecule has 0 aromatic carbocycles. The molecule has 128 valence electrons. The molecular weight excluding hydrogens is 302 g/mol. The Morgan fingerprint density at radius 1 is 1.21 bits per heavy atom. The maximum atomic E-state index is 5.53. The van der Waals surface area contributed by atoms with Gasteiger partial charge in [0, 0.05) is 38.1 Å². The number of rotatable bonds is 4. The molecule has 2 aromatic rings. The van der Waals surface area contributed by atoms with Crippen molar-refractivity contribution in [3.63, 3.8) is 0 Å². The lowest BCUT2D eigenvalue weighted by Gasteiger charge is -2.35. The van der Waals surface area contributed by atoms with Crippen molar-refractivity contribution in [3.05, 3.63) is 36.3 Å². The lowest BCUT2D eigenvalue weighted by Crippen LogP contribution is -2.39. The first kappa shape index (κ1) is 15.7. The summed E-state index contributed by atoms with van der Waals surface area (Å²) in [6.07, 6.45) is 13.1. The molecule has 4 rings (SSSR count). The lowest BCUT2D eigenvalue weighted by atomic mass is 10.0. The quantitative estimate of drug-likeness (QED) is 0.864. The van der Waals surface area contributed by atoms with E-state index in [1.165, 1.54) is 12.8 Å². The first-order chi connectivity index (χ1) is 11.9. The summed E-state index contributed by atoms with van der Waals surface area (Å²) in [5, 5.41) is 0. The summed E-state index contributed by atoms with van der Waals surface area (Å²) in [6.45, 7) is 5.04. The molecule has 6 heteroatoms. The van der Waals surface area contributed by atoms with Crippen molar-refractivity contribution in [3.8, 4) is 5.82 Å². The van der Waals surface area contributed by atoms with Gasteiger partial charge in [0.1, 0.15) is 5.82 Å². The molecule has 2 aliphatic rings. The van der Waals surface area contributed by atoms with Crippen molar-refractivity contribution in [2.45, 2.75) is 51.1 Å². The van der Waals surface area contributed by atoms with Crippen LogP contribution < -0.4 is 0 Å². The molecule has 0 bridgehead atoms. The highest BCUT2D eigenvalue weighted by molar-refractivity contribution is 5.24. The number of nitrogens with zero attached hydrogens (tertiary/aromatic N) is 5. The van der Waals surface area contributed by atoms with Crippen LogP contribution in [0.3, 0.4) is 0 Å². The van der Waals surface area contributed by atoms with Gasteiger partial charge in [-0.25, -0.2) is 9.97 Å². The third-order valence-electron chi connectivity index (χ3n) is 5.22. The first-order valence-electron chi connectivity index (χ1n) is 9.05. The monoisotopic (exact) mass is 327 g/mol. The third-order valence-corrected chi connectivity index (χ3v) is 5.22. The smallest absolute Gasteiger partial charge is 0.156 e. The summed E-state index contributed by atoms with van der Waals surface area (Å²) in [5.41, 5.74) is 1.09. The van der Waals surface area contributed by atoms with Gasteiger partial charge in [-0.1, -0.05) is 6.92 Å². The topological polar surface area (TPSA) is 56.1 Å². The molecule has 24 heavy (non-hydrogen) atoms. The van der Waals surface area contributed by atoms with E-state index in [2.05, 4.69) is 21.8 Å². The van der Waals surface area contributed by atoms with E-state index in [0.29, 0.717) is 12.1 Å². The predicted octanol–water partition coefficient (Wildman–Crippen LogP) is 2.54. The number of hydrogen-bond acceptors (Lipinski definition) is 5. The zero-order chi connectivity index (χ0) is 16.4. The summed E-state index contributed by atoms with van der Waals surface area (Å²) in [6, 6.07) is 1.00. The summed E-state index contributed by atoms with van der Waals surface area (Å²) < 4.78 is 7.57. The van der Waals surface area contributed by atoms with E-state index in [0.717, 1.165) is 56.4 Å². The fourth-order valence-electron chi connectivity index (χ4n) is 4.01. The molecule has 2 fully saturated rings. The van der Waals surface area contributed by atoms with Crippen molar-refractivity contribution in [2.75, 3.05) is 19.8 Å². The largest absolute Gasteiger partial charge is 0.381 e. The second-order valence-electron chi connectivity index (χ2n) is 6.61. The minimum Gasteiger partial charge on any atom is -0.381 e. The van der Waals surface area contributed by atoms with E-state index in [1.54, 1.807) is 0 Å². The lowest BCUT2D eigenvalue weighted by molar-refractivity contribution is 0.0284. The van der Waals surface area contributed by atoms with E-state index in [-0.39, 0.29) is 0 Å². The van der Waals surface area contributed by atoms with Gasteiger partial charge in [0.2, 0.25) is 0 Å². The summed E-state index contributed by atoms with van der Waals surface area (Å²) >= 11 is 0. The molecule has 6 nitrogen and oxygen atoms in total. The SMILES string of the molecule is CCc1nccn1-c1cncc(C2CCCN2C2CCOCC2)n1. The van der Waals surface area contributed by atoms with E-state index in [9.17, 15) is 0 Å². The van der Waals surface area contributed by atoms with E-state index in [1.807, 2.05) is 29.4 Å². The van der Waals surface area contributed by atoms with Crippen LogP contribution in [0.25, 0.3) is 5.82 Å². The van der Waals surface area contributed by atoms with Crippen molar-refractivity contribution < 1.29 is 4.74 Å². The molecule has 0 aliphatic carbocycles. The fourth-order valence-corrected chi connectivity index (χ4v) is 4.01. The number of likely N-dealkylation sites (tertiary alicyclic amines) is 1. The van der Waals surface area contributed by atoms with Gasteiger partial charge in [0.05, 0.1) is 24.1 Å². The number of aromatic nitrogens is 4. The number of hydrogen-bond donors (Lipinski definition) is 0. The van der Waals surface area contributed by atoms with Crippen LogP contribution >= 0.6 is 0 Å². The van der Waals surface area contributed by atoms with Crippen LogP contribution in [0, 0.1) is 0 Å². The standard InChI is InChI=1S/C18H25N5O/c1-2-17-20-7-9-23(17)18-13-19-12-15(21-18)16-4-3-8-22(16)14-5-10-24-11-6-14/h7,9,12-14,16H,2-6,8,10-11H2,1H3. The molecular formula is C18H25N5O. The van der Waals surface area contributed by atoms with Crippen LogP contribution in [0.15, 0.2) is 24.8 Å². The molecule has 0 amide bonds. The summed E-state index contributed by atoms with van der Waals surface area (Å²) in [7, 11) is 0. The van der Waals surface area contributed by atoms with Gasteiger partial charge in [-0.2, -0.15) is 0 Å². The molecule has 0 radical (unpaired) electrons. The number of ether oxygens (including phenoxy) is 1. The number of aryl methyl sites for hydroxylation is 1. The van der Waals surface area contributed by atoms with Crippen LogP contribution in [0.1, 0.15) is 50.2 Å². The van der Waals surface area contributed by atoms with Crippen LogP contribution in [0.4, 0.5) is 0 Å². The van der Waals surface area contributed by atoms with Crippen molar-refractivity contribution in [1.82, 2.24) is 24.4 Å². The molecule has 4 heterocycles. The molecule has 0 spiro atoms. The van der Waals surface area contributed by atoms with E-state index in [4.69, 9.17) is 9.72 Å². The van der Waals surface area contributed by atoms with Gasteiger partial charge in [-0.15, -0.1) is 0 Å². The zero-order valence-corrected chi connectivity index (χ0v) is 14.3. The second kappa shape index (κ2) is 6.99. The highest BCUT2D eigenvalue weighted by Crippen LogP contribution is 2.35. The highest BCUT2D eigenvalue weighted by atomic mass is 16.5. The second-order valence-corrected chi connectivity index (χ2v) is 6.61. The van der Waals surface area contributed by atoms with Crippen molar-refractivity contribution >= 4 is 0 Å². The summed E-state index contributed by atoms with van der Waals surface area (Å²) in [5.74, 6) is 1.90. The highest BCUT2D eigenvalue weighted by Gasteiger charge is 2.33. The Bertz CT molecular complexity index is 680. The first-order valence-corrected chi connectivity index (χ1v) is 9.05. The molecule has 2 aliphatic heterocycles. The molecule has 1 atom stereocenters. The van der Waals surface area contributed by atoms with Crippen LogP contribution in [-0.2, 0) is 11.2 Å². The van der Waals surface area contributed by atoms with Gasteiger partial charge in [0.25, 0.3) is 0 Å². The Kier molecular flexibility index (Phi) is 4.58. The predicted molar refractivity (Wildman–Crippen MR) is 91.1 cm³/mol. The molecule has 0 saturated carbocycles. The van der Waals surface area contributed by atoms with Crippen molar-refractivity contribution in [2.24, 2.45) is 0 Å². The Labute approximate surface area is 142 Å². The fraction of sp³-hybridized carbons (Fsp3) is 0.611. The third kappa shape index (κ3) is 2.96. The van der Waals surface area contributed by atoms with Gasteiger partial charge in [0.15, 0.2) is 5.82 Å².